The van der Waals surface area contributed by atoms with Gasteiger partial charge in [0, 0.05) is 12.5 Å². The number of rotatable bonds is 5. The molecule has 1 heterocycles. The first kappa shape index (κ1) is 14.0. The van der Waals surface area contributed by atoms with E-state index in [1.165, 1.54) is 10.3 Å². The van der Waals surface area contributed by atoms with E-state index in [-0.39, 0.29) is 6.04 Å². The molecule has 2 aromatic carbocycles. The van der Waals surface area contributed by atoms with Crippen molar-refractivity contribution in [3.05, 3.63) is 59.1 Å². The lowest BCUT2D eigenvalue weighted by Gasteiger charge is -2.10. The Morgan fingerprint density at radius 2 is 1.86 bits per heavy atom. The minimum Gasteiger partial charge on any atom is -0.497 e. The molecule has 0 radical (unpaired) electrons. The van der Waals surface area contributed by atoms with E-state index in [1.54, 1.807) is 18.4 Å². The van der Waals surface area contributed by atoms with E-state index in [0.717, 1.165) is 29.1 Å². The van der Waals surface area contributed by atoms with Crippen molar-refractivity contribution in [1.82, 2.24) is 4.98 Å². The third kappa shape index (κ3) is 3.40. The Kier molecular flexibility index (Phi) is 4.18. The quantitative estimate of drug-likeness (QED) is 0.785. The van der Waals surface area contributed by atoms with Crippen LogP contribution in [0.4, 0.5) is 0 Å². The Labute approximate surface area is 128 Å². The molecule has 0 aliphatic rings. The number of para-hydroxylation sites is 1. The number of hydrogen-bond acceptors (Lipinski definition) is 4. The fraction of sp³-hybridized carbons (Fsp3) is 0.235. The predicted octanol–water partition coefficient (Wildman–Crippen LogP) is 3.42. The Morgan fingerprint density at radius 3 is 2.57 bits per heavy atom. The summed E-state index contributed by atoms with van der Waals surface area (Å²) in [5.74, 6) is 0.874. The number of thiazole rings is 1. The van der Waals surface area contributed by atoms with Gasteiger partial charge in [0.15, 0.2) is 0 Å². The highest BCUT2D eigenvalue weighted by molar-refractivity contribution is 7.18. The Bertz CT molecular complexity index is 688. The zero-order valence-corrected chi connectivity index (χ0v) is 12.8. The molecule has 0 amide bonds. The summed E-state index contributed by atoms with van der Waals surface area (Å²) < 4.78 is 6.39. The van der Waals surface area contributed by atoms with Crippen LogP contribution in [0.5, 0.6) is 5.75 Å². The topological polar surface area (TPSA) is 48.1 Å². The van der Waals surface area contributed by atoms with Crippen LogP contribution in [0, 0.1) is 0 Å². The molecule has 108 valence electrons. The van der Waals surface area contributed by atoms with E-state index in [9.17, 15) is 0 Å². The van der Waals surface area contributed by atoms with Crippen molar-refractivity contribution < 1.29 is 4.74 Å². The summed E-state index contributed by atoms with van der Waals surface area (Å²) in [4.78, 5) is 4.64. The average molecular weight is 298 g/mol. The van der Waals surface area contributed by atoms with Crippen LogP contribution in [-0.4, -0.2) is 18.1 Å². The zero-order chi connectivity index (χ0) is 14.7. The van der Waals surface area contributed by atoms with Gasteiger partial charge in [0.2, 0.25) is 0 Å². The lowest BCUT2D eigenvalue weighted by atomic mass is 10.0. The van der Waals surface area contributed by atoms with E-state index in [2.05, 4.69) is 23.2 Å². The lowest BCUT2D eigenvalue weighted by Crippen LogP contribution is -2.25. The second-order valence-electron chi connectivity index (χ2n) is 5.09. The van der Waals surface area contributed by atoms with Crippen molar-refractivity contribution in [3.63, 3.8) is 0 Å². The second kappa shape index (κ2) is 6.24. The molecule has 4 heteroatoms. The fourth-order valence-corrected chi connectivity index (χ4v) is 3.43. The zero-order valence-electron chi connectivity index (χ0n) is 12.0. The third-order valence-electron chi connectivity index (χ3n) is 3.43. The van der Waals surface area contributed by atoms with E-state index in [4.69, 9.17) is 10.5 Å². The van der Waals surface area contributed by atoms with Crippen molar-refractivity contribution in [2.45, 2.75) is 18.9 Å². The van der Waals surface area contributed by atoms with Gasteiger partial charge in [-0.25, -0.2) is 4.98 Å². The molecule has 3 rings (SSSR count). The van der Waals surface area contributed by atoms with E-state index in [0.29, 0.717) is 0 Å². The number of methoxy groups -OCH3 is 1. The van der Waals surface area contributed by atoms with Crippen molar-refractivity contribution in [3.8, 4) is 5.75 Å². The summed E-state index contributed by atoms with van der Waals surface area (Å²) in [5, 5.41) is 1.11. The number of aromatic nitrogens is 1. The standard InChI is InChI=1S/C17H18N2OS/c1-20-14-8-6-12(7-9-14)10-13(18)11-17-19-15-4-2-3-5-16(15)21-17/h2-9,13H,10-11,18H2,1H3. The highest BCUT2D eigenvalue weighted by Gasteiger charge is 2.10. The molecule has 0 aliphatic heterocycles. The largest absolute Gasteiger partial charge is 0.497 e. The number of benzene rings is 2. The SMILES string of the molecule is COc1ccc(CC(N)Cc2nc3ccccc3s2)cc1. The maximum absolute atomic E-state index is 6.27. The minimum atomic E-state index is 0.0824. The number of fused-ring (bicyclic) bond motifs is 1. The molecule has 0 bridgehead atoms. The highest BCUT2D eigenvalue weighted by Crippen LogP contribution is 2.23. The van der Waals surface area contributed by atoms with Crippen LogP contribution in [0.1, 0.15) is 10.6 Å². The molecule has 1 atom stereocenters. The molecular weight excluding hydrogens is 280 g/mol. The van der Waals surface area contributed by atoms with Crippen molar-refractivity contribution in [1.29, 1.82) is 0 Å². The van der Waals surface area contributed by atoms with Gasteiger partial charge in [-0.15, -0.1) is 11.3 Å². The summed E-state index contributed by atoms with van der Waals surface area (Å²) in [6, 6.07) is 16.4. The first-order valence-electron chi connectivity index (χ1n) is 6.97. The summed E-state index contributed by atoms with van der Waals surface area (Å²) in [6.07, 6.45) is 1.66. The Morgan fingerprint density at radius 1 is 1.10 bits per heavy atom. The third-order valence-corrected chi connectivity index (χ3v) is 4.49. The maximum Gasteiger partial charge on any atom is 0.118 e. The molecule has 0 saturated carbocycles. The molecule has 1 aromatic heterocycles. The Hall–Kier alpha value is -1.91. The number of hydrogen-bond donors (Lipinski definition) is 1. The van der Waals surface area contributed by atoms with Crippen LogP contribution in [0.3, 0.4) is 0 Å². The van der Waals surface area contributed by atoms with Gasteiger partial charge in [-0.05, 0) is 36.2 Å². The summed E-state index contributed by atoms with van der Waals surface area (Å²) in [5.41, 5.74) is 8.56. The summed E-state index contributed by atoms with van der Waals surface area (Å²) >= 11 is 1.73. The number of nitrogens with two attached hydrogens (primary N) is 1. The van der Waals surface area contributed by atoms with Gasteiger partial charge in [0.1, 0.15) is 5.75 Å². The van der Waals surface area contributed by atoms with Crippen LogP contribution in [-0.2, 0) is 12.8 Å². The fourth-order valence-electron chi connectivity index (χ4n) is 2.37. The summed E-state index contributed by atoms with van der Waals surface area (Å²) in [6.45, 7) is 0. The van der Waals surface area contributed by atoms with Crippen molar-refractivity contribution >= 4 is 21.6 Å². The van der Waals surface area contributed by atoms with E-state index < -0.39 is 0 Å². The first-order chi connectivity index (χ1) is 10.2. The second-order valence-corrected chi connectivity index (χ2v) is 6.21. The van der Waals surface area contributed by atoms with Gasteiger partial charge in [-0.1, -0.05) is 24.3 Å². The van der Waals surface area contributed by atoms with Crippen LogP contribution < -0.4 is 10.5 Å². The van der Waals surface area contributed by atoms with Gasteiger partial charge in [0.25, 0.3) is 0 Å². The molecule has 3 aromatic rings. The highest BCUT2D eigenvalue weighted by atomic mass is 32.1. The molecule has 0 aliphatic carbocycles. The van der Waals surface area contributed by atoms with Crippen LogP contribution >= 0.6 is 11.3 Å². The number of nitrogens with zero attached hydrogens (tertiary/aromatic N) is 1. The molecule has 1 unspecified atom stereocenters. The van der Waals surface area contributed by atoms with Crippen LogP contribution in [0.2, 0.25) is 0 Å². The maximum atomic E-state index is 6.27. The normalized spacial score (nSPS) is 12.5. The average Bonchev–Trinajstić information content (AvgIpc) is 2.90. The summed E-state index contributed by atoms with van der Waals surface area (Å²) in [7, 11) is 1.67. The van der Waals surface area contributed by atoms with Gasteiger partial charge in [0.05, 0.1) is 22.3 Å². The number of ether oxygens (including phenoxy) is 1. The van der Waals surface area contributed by atoms with Crippen molar-refractivity contribution in [2.75, 3.05) is 7.11 Å². The van der Waals surface area contributed by atoms with Gasteiger partial charge >= 0.3 is 0 Å². The molecule has 0 fully saturated rings. The van der Waals surface area contributed by atoms with E-state index in [1.807, 2.05) is 30.3 Å². The van der Waals surface area contributed by atoms with E-state index >= 15 is 0 Å². The lowest BCUT2D eigenvalue weighted by molar-refractivity contribution is 0.414. The molecule has 0 saturated heterocycles. The van der Waals surface area contributed by atoms with Crippen LogP contribution in [0.25, 0.3) is 10.2 Å². The Balaban J connectivity index is 1.66. The first-order valence-corrected chi connectivity index (χ1v) is 7.79. The van der Waals surface area contributed by atoms with Gasteiger partial charge < -0.3 is 10.5 Å². The molecule has 0 spiro atoms. The molecule has 3 nitrogen and oxygen atoms in total. The molecular formula is C17H18N2OS. The van der Waals surface area contributed by atoms with Crippen molar-refractivity contribution in [2.24, 2.45) is 5.73 Å². The molecule has 2 N–H and O–H groups in total. The minimum absolute atomic E-state index is 0.0824. The molecule has 21 heavy (non-hydrogen) atoms. The monoisotopic (exact) mass is 298 g/mol. The smallest absolute Gasteiger partial charge is 0.118 e. The van der Waals surface area contributed by atoms with Crippen LogP contribution in [0.15, 0.2) is 48.5 Å². The predicted molar refractivity (Wildman–Crippen MR) is 88.0 cm³/mol. The van der Waals surface area contributed by atoms with Gasteiger partial charge in [-0.3, -0.25) is 0 Å². The van der Waals surface area contributed by atoms with Gasteiger partial charge in [-0.2, -0.15) is 0 Å².